The van der Waals surface area contributed by atoms with Crippen molar-refractivity contribution in [2.24, 2.45) is 5.84 Å². The molecule has 1 aliphatic rings. The van der Waals surface area contributed by atoms with Gasteiger partial charge in [0.25, 0.3) is 5.91 Å². The molecule has 1 heterocycles. The molecule has 6 nitrogen and oxygen atoms in total. The molecular weight excluding hydrogens is 490 g/mol. The van der Waals surface area contributed by atoms with Crippen molar-refractivity contribution in [3.8, 4) is 11.5 Å². The lowest BCUT2D eigenvalue weighted by Crippen LogP contribution is -2.62. The number of amides is 1. The Morgan fingerprint density at radius 1 is 1.07 bits per heavy atom. The molecule has 0 aliphatic carbocycles. The van der Waals surface area contributed by atoms with Crippen LogP contribution in [0.2, 0.25) is 0 Å². The summed E-state index contributed by atoms with van der Waals surface area (Å²) in [6.07, 6.45) is 0. The first kappa shape index (κ1) is 19.0. The van der Waals surface area contributed by atoms with Crippen LogP contribution in [-0.2, 0) is 4.79 Å². The first-order valence-corrected chi connectivity index (χ1v) is 10.2. The second kappa shape index (κ2) is 7.27. The zero-order chi connectivity index (χ0) is 20.0. The largest absolute Gasteiger partial charge is 0.506 e. The van der Waals surface area contributed by atoms with Gasteiger partial charge in [0.1, 0.15) is 22.0 Å². The van der Waals surface area contributed by atoms with Crippen LogP contribution in [0.5, 0.6) is 11.5 Å². The summed E-state index contributed by atoms with van der Waals surface area (Å²) in [5.74, 6) is 4.62. The molecule has 144 valence electrons. The van der Waals surface area contributed by atoms with Crippen LogP contribution >= 0.6 is 31.9 Å². The first-order chi connectivity index (χ1) is 13.4. The van der Waals surface area contributed by atoms with Gasteiger partial charge in [-0.15, -0.1) is 0 Å². The minimum absolute atomic E-state index is 0.0846. The highest BCUT2D eigenvalue weighted by atomic mass is 79.9. The van der Waals surface area contributed by atoms with Crippen LogP contribution in [0.3, 0.4) is 0 Å². The van der Waals surface area contributed by atoms with Gasteiger partial charge in [-0.05, 0) is 60.8 Å². The lowest BCUT2D eigenvalue weighted by atomic mass is 9.81. The van der Waals surface area contributed by atoms with Gasteiger partial charge in [0, 0.05) is 23.7 Å². The number of nitrogens with zero attached hydrogens (tertiary/aromatic N) is 1. The number of carbonyl (C=O) groups excluding carboxylic acids is 1. The molecule has 2 unspecified atom stereocenters. The Labute approximate surface area is 178 Å². The molecule has 0 aromatic heterocycles. The lowest BCUT2D eigenvalue weighted by molar-refractivity contribution is -0.124. The third kappa shape index (κ3) is 3.01. The van der Waals surface area contributed by atoms with Crippen molar-refractivity contribution < 1.29 is 15.0 Å². The van der Waals surface area contributed by atoms with E-state index in [0.29, 0.717) is 16.6 Å². The van der Waals surface area contributed by atoms with Crippen molar-refractivity contribution in [3.63, 3.8) is 0 Å². The number of phenolic OH excluding ortho intramolecular Hbond substituents is 2. The number of rotatable bonds is 3. The predicted molar refractivity (Wildman–Crippen MR) is 115 cm³/mol. The number of anilines is 1. The third-order valence-corrected chi connectivity index (χ3v) is 6.54. The molecule has 3 aromatic rings. The SMILES string of the molecule is NNC(=O)C1C(c2cc(Br)c(O)c(Br)c2O)CN1c1ccc2ccccc2c1. The minimum Gasteiger partial charge on any atom is -0.506 e. The van der Waals surface area contributed by atoms with Crippen molar-refractivity contribution in [2.75, 3.05) is 11.4 Å². The fraction of sp³-hybridized carbons (Fsp3) is 0.150. The summed E-state index contributed by atoms with van der Waals surface area (Å²) in [4.78, 5) is 14.5. The average Bonchev–Trinajstić information content (AvgIpc) is 2.69. The number of nitrogens with two attached hydrogens (primary N) is 1. The van der Waals surface area contributed by atoms with Crippen molar-refractivity contribution in [3.05, 3.63) is 63.0 Å². The standard InChI is InChI=1S/C20H17Br2N3O3/c21-15-8-13(18(26)16(22)19(15)27)14-9-25(17(14)20(28)24-23)12-6-5-10-3-1-2-4-11(10)7-12/h1-8,14,17,26-27H,9,23H2,(H,24,28). The number of carbonyl (C=O) groups is 1. The monoisotopic (exact) mass is 505 g/mol. The van der Waals surface area contributed by atoms with Crippen LogP contribution in [0.15, 0.2) is 57.5 Å². The fourth-order valence-electron chi connectivity index (χ4n) is 3.70. The van der Waals surface area contributed by atoms with Gasteiger partial charge in [0.15, 0.2) is 0 Å². The number of halogens is 2. The number of hydrogen-bond acceptors (Lipinski definition) is 5. The van der Waals surface area contributed by atoms with Gasteiger partial charge in [-0.1, -0.05) is 30.3 Å². The number of nitrogens with one attached hydrogen (secondary N) is 1. The van der Waals surface area contributed by atoms with Crippen LogP contribution < -0.4 is 16.2 Å². The summed E-state index contributed by atoms with van der Waals surface area (Å²) in [5, 5.41) is 22.7. The maximum Gasteiger partial charge on any atom is 0.257 e. The van der Waals surface area contributed by atoms with Gasteiger partial charge >= 0.3 is 0 Å². The molecule has 5 N–H and O–H groups in total. The van der Waals surface area contributed by atoms with Crippen molar-refractivity contribution in [1.82, 2.24) is 5.43 Å². The number of aromatic hydroxyl groups is 2. The normalized spacial score (nSPS) is 18.8. The Morgan fingerprint density at radius 3 is 2.50 bits per heavy atom. The van der Waals surface area contributed by atoms with Gasteiger partial charge in [0.2, 0.25) is 0 Å². The number of fused-ring (bicyclic) bond motifs is 1. The van der Waals surface area contributed by atoms with E-state index < -0.39 is 6.04 Å². The molecule has 1 aliphatic heterocycles. The molecule has 0 radical (unpaired) electrons. The lowest BCUT2D eigenvalue weighted by Gasteiger charge is -2.48. The van der Waals surface area contributed by atoms with E-state index in [2.05, 4.69) is 37.3 Å². The van der Waals surface area contributed by atoms with Crippen molar-refractivity contribution >= 4 is 54.2 Å². The molecule has 8 heteroatoms. The Morgan fingerprint density at radius 2 is 1.79 bits per heavy atom. The molecule has 1 fully saturated rings. The topological polar surface area (TPSA) is 98.8 Å². The van der Waals surface area contributed by atoms with Crippen LogP contribution in [0, 0.1) is 0 Å². The van der Waals surface area contributed by atoms with Gasteiger partial charge in [0.05, 0.1) is 4.47 Å². The summed E-state index contributed by atoms with van der Waals surface area (Å²) in [7, 11) is 0. The smallest absolute Gasteiger partial charge is 0.257 e. The van der Waals surface area contributed by atoms with E-state index in [1.165, 1.54) is 0 Å². The van der Waals surface area contributed by atoms with E-state index in [1.54, 1.807) is 6.07 Å². The molecular formula is C20H17Br2N3O3. The van der Waals surface area contributed by atoms with Crippen LogP contribution in [0.1, 0.15) is 11.5 Å². The number of phenols is 2. The molecule has 1 amide bonds. The summed E-state index contributed by atoms with van der Waals surface area (Å²) in [6.45, 7) is 0.521. The van der Waals surface area contributed by atoms with Gasteiger partial charge < -0.3 is 15.1 Å². The molecule has 3 aromatic carbocycles. The highest BCUT2D eigenvalue weighted by molar-refractivity contribution is 9.11. The average molecular weight is 507 g/mol. The van der Waals surface area contributed by atoms with E-state index in [4.69, 9.17) is 5.84 Å². The fourth-order valence-corrected chi connectivity index (χ4v) is 4.86. The maximum absolute atomic E-state index is 12.5. The summed E-state index contributed by atoms with van der Waals surface area (Å²) < 4.78 is 0.621. The molecule has 0 saturated carbocycles. The van der Waals surface area contributed by atoms with E-state index in [1.807, 2.05) is 47.4 Å². The van der Waals surface area contributed by atoms with Crippen LogP contribution in [-0.4, -0.2) is 28.7 Å². The van der Waals surface area contributed by atoms with Gasteiger partial charge in [-0.25, -0.2) is 5.84 Å². The molecule has 2 atom stereocenters. The van der Waals surface area contributed by atoms with E-state index in [9.17, 15) is 15.0 Å². The van der Waals surface area contributed by atoms with Crippen LogP contribution in [0.25, 0.3) is 10.8 Å². The highest BCUT2D eigenvalue weighted by Crippen LogP contribution is 2.48. The second-order valence-electron chi connectivity index (χ2n) is 6.70. The summed E-state index contributed by atoms with van der Waals surface area (Å²) in [5.41, 5.74) is 3.69. The molecule has 4 rings (SSSR count). The Bertz CT molecular complexity index is 1090. The molecule has 0 spiro atoms. The third-order valence-electron chi connectivity index (χ3n) is 5.18. The Hall–Kier alpha value is -2.29. The summed E-state index contributed by atoms with van der Waals surface area (Å²) in [6, 6.07) is 15.1. The zero-order valence-electron chi connectivity index (χ0n) is 14.6. The molecule has 28 heavy (non-hydrogen) atoms. The number of hydrogen-bond donors (Lipinski definition) is 4. The quantitative estimate of drug-likeness (QED) is 0.246. The van der Waals surface area contributed by atoms with Gasteiger partial charge in [-0.3, -0.25) is 10.2 Å². The number of hydrazine groups is 1. The Balaban J connectivity index is 1.73. The van der Waals surface area contributed by atoms with E-state index in [0.717, 1.165) is 16.5 Å². The minimum atomic E-state index is -0.583. The summed E-state index contributed by atoms with van der Waals surface area (Å²) >= 11 is 6.48. The number of benzene rings is 3. The predicted octanol–water partition coefficient (Wildman–Crippen LogP) is 3.74. The highest BCUT2D eigenvalue weighted by Gasteiger charge is 2.46. The van der Waals surface area contributed by atoms with Crippen molar-refractivity contribution in [1.29, 1.82) is 0 Å². The molecule has 1 saturated heterocycles. The maximum atomic E-state index is 12.5. The van der Waals surface area contributed by atoms with E-state index >= 15 is 0 Å². The van der Waals surface area contributed by atoms with Crippen molar-refractivity contribution in [2.45, 2.75) is 12.0 Å². The van der Waals surface area contributed by atoms with Gasteiger partial charge in [-0.2, -0.15) is 0 Å². The zero-order valence-corrected chi connectivity index (χ0v) is 17.7. The molecule has 0 bridgehead atoms. The van der Waals surface area contributed by atoms with E-state index in [-0.39, 0.29) is 27.8 Å². The second-order valence-corrected chi connectivity index (χ2v) is 8.35. The Kier molecular flexibility index (Phi) is 4.95. The first-order valence-electron chi connectivity index (χ1n) is 8.58. The van der Waals surface area contributed by atoms with Crippen LogP contribution in [0.4, 0.5) is 5.69 Å².